The molecule has 1 heterocycles. The molecule has 1 N–H and O–H groups in total. The van der Waals surface area contributed by atoms with Crippen molar-refractivity contribution in [2.24, 2.45) is 0 Å². The first kappa shape index (κ1) is 10.0. The summed E-state index contributed by atoms with van der Waals surface area (Å²) in [6.07, 6.45) is 6.67. The topological polar surface area (TPSA) is 12.0 Å². The zero-order chi connectivity index (χ0) is 9.24. The lowest BCUT2D eigenvalue weighted by Crippen LogP contribution is -2.56. The number of nitrogens with one attached hydrogen (secondary N) is 1. The smallest absolute Gasteiger partial charge is 0.0158 e. The van der Waals surface area contributed by atoms with E-state index < -0.39 is 0 Å². The van der Waals surface area contributed by atoms with E-state index in [4.69, 9.17) is 0 Å². The molecule has 1 aliphatic rings. The summed E-state index contributed by atoms with van der Waals surface area (Å²) in [6.45, 7) is 9.28. The molecule has 1 fully saturated rings. The third-order valence-electron chi connectivity index (χ3n) is 2.97. The van der Waals surface area contributed by atoms with Gasteiger partial charge in [-0.05, 0) is 46.5 Å². The molecule has 1 heteroatoms. The SMILES string of the molecule is CCCC1(C)CCCC(C)(C)N1. The molecule has 1 atom stereocenters. The summed E-state index contributed by atoms with van der Waals surface area (Å²) in [6, 6.07) is 0. The van der Waals surface area contributed by atoms with E-state index in [2.05, 4.69) is 33.0 Å². The molecule has 1 unspecified atom stereocenters. The summed E-state index contributed by atoms with van der Waals surface area (Å²) in [4.78, 5) is 0. The average molecular weight is 169 g/mol. The first-order valence-electron chi connectivity index (χ1n) is 5.27. The van der Waals surface area contributed by atoms with Crippen molar-refractivity contribution in [3.63, 3.8) is 0 Å². The van der Waals surface area contributed by atoms with Gasteiger partial charge in [-0.1, -0.05) is 13.3 Å². The van der Waals surface area contributed by atoms with Gasteiger partial charge in [-0.2, -0.15) is 0 Å². The fourth-order valence-corrected chi connectivity index (χ4v) is 2.60. The Bertz CT molecular complexity index is 147. The number of rotatable bonds is 2. The van der Waals surface area contributed by atoms with Gasteiger partial charge in [-0.15, -0.1) is 0 Å². The van der Waals surface area contributed by atoms with Gasteiger partial charge in [0.15, 0.2) is 0 Å². The quantitative estimate of drug-likeness (QED) is 0.670. The van der Waals surface area contributed by atoms with Gasteiger partial charge in [0.1, 0.15) is 0 Å². The van der Waals surface area contributed by atoms with Crippen LogP contribution >= 0.6 is 0 Å². The molecule has 0 spiro atoms. The Kier molecular flexibility index (Phi) is 2.82. The summed E-state index contributed by atoms with van der Waals surface area (Å²) in [5.41, 5.74) is 0.776. The van der Waals surface area contributed by atoms with E-state index in [1.54, 1.807) is 0 Å². The lowest BCUT2D eigenvalue weighted by molar-refractivity contribution is 0.157. The highest BCUT2D eigenvalue weighted by Gasteiger charge is 2.34. The maximum Gasteiger partial charge on any atom is 0.0158 e. The highest BCUT2D eigenvalue weighted by molar-refractivity contribution is 4.95. The zero-order valence-corrected chi connectivity index (χ0v) is 9.04. The summed E-state index contributed by atoms with van der Waals surface area (Å²) >= 11 is 0. The van der Waals surface area contributed by atoms with Crippen molar-refractivity contribution in [3.05, 3.63) is 0 Å². The number of piperidine rings is 1. The van der Waals surface area contributed by atoms with E-state index in [-0.39, 0.29) is 0 Å². The Hall–Kier alpha value is -0.0400. The van der Waals surface area contributed by atoms with Crippen LogP contribution in [0.1, 0.15) is 59.8 Å². The Morgan fingerprint density at radius 1 is 1.17 bits per heavy atom. The van der Waals surface area contributed by atoms with Crippen molar-refractivity contribution in [3.8, 4) is 0 Å². The van der Waals surface area contributed by atoms with Crippen LogP contribution in [0.4, 0.5) is 0 Å². The highest BCUT2D eigenvalue weighted by atomic mass is 15.0. The molecule has 0 saturated carbocycles. The van der Waals surface area contributed by atoms with Crippen LogP contribution in [0.25, 0.3) is 0 Å². The first-order chi connectivity index (χ1) is 5.47. The highest BCUT2D eigenvalue weighted by Crippen LogP contribution is 2.31. The summed E-state index contributed by atoms with van der Waals surface area (Å²) in [5, 5.41) is 3.77. The Morgan fingerprint density at radius 2 is 1.83 bits per heavy atom. The van der Waals surface area contributed by atoms with Gasteiger partial charge in [-0.3, -0.25) is 0 Å². The molecule has 0 aromatic carbocycles. The van der Waals surface area contributed by atoms with E-state index in [9.17, 15) is 0 Å². The minimum absolute atomic E-state index is 0.363. The van der Waals surface area contributed by atoms with Gasteiger partial charge in [0.2, 0.25) is 0 Å². The largest absolute Gasteiger partial charge is 0.307 e. The number of hydrogen-bond acceptors (Lipinski definition) is 1. The van der Waals surface area contributed by atoms with Gasteiger partial charge in [0.25, 0.3) is 0 Å². The number of hydrogen-bond donors (Lipinski definition) is 1. The minimum atomic E-state index is 0.363. The van der Waals surface area contributed by atoms with Crippen LogP contribution in [0.15, 0.2) is 0 Å². The standard InChI is InChI=1S/C11H23N/c1-5-7-11(4)9-6-8-10(2,3)12-11/h12H,5-9H2,1-4H3. The maximum absolute atomic E-state index is 3.77. The van der Waals surface area contributed by atoms with Crippen LogP contribution < -0.4 is 5.32 Å². The predicted molar refractivity (Wildman–Crippen MR) is 54.4 cm³/mol. The molecular formula is C11H23N. The van der Waals surface area contributed by atoms with Crippen molar-refractivity contribution in [1.29, 1.82) is 0 Å². The van der Waals surface area contributed by atoms with Crippen molar-refractivity contribution in [2.45, 2.75) is 70.9 Å². The molecule has 1 saturated heterocycles. The van der Waals surface area contributed by atoms with Gasteiger partial charge in [0.05, 0.1) is 0 Å². The van der Waals surface area contributed by atoms with E-state index >= 15 is 0 Å². The van der Waals surface area contributed by atoms with Crippen LogP contribution in [-0.4, -0.2) is 11.1 Å². The van der Waals surface area contributed by atoms with Gasteiger partial charge >= 0.3 is 0 Å². The Balaban J connectivity index is 2.55. The summed E-state index contributed by atoms with van der Waals surface area (Å²) < 4.78 is 0. The van der Waals surface area contributed by atoms with E-state index in [1.807, 2.05) is 0 Å². The fourth-order valence-electron chi connectivity index (χ4n) is 2.60. The zero-order valence-electron chi connectivity index (χ0n) is 9.04. The molecule has 0 radical (unpaired) electrons. The molecule has 0 aliphatic carbocycles. The molecule has 1 nitrogen and oxygen atoms in total. The lowest BCUT2D eigenvalue weighted by Gasteiger charge is -2.44. The molecule has 1 rings (SSSR count). The average Bonchev–Trinajstić information content (AvgIpc) is 1.83. The normalized spacial score (nSPS) is 35.0. The Labute approximate surface area is 76.9 Å². The molecule has 0 aromatic heterocycles. The Morgan fingerprint density at radius 3 is 2.33 bits per heavy atom. The molecular weight excluding hydrogens is 146 g/mol. The second-order valence-electron chi connectivity index (χ2n) is 5.17. The molecule has 1 aliphatic heterocycles. The van der Waals surface area contributed by atoms with Gasteiger partial charge in [0, 0.05) is 11.1 Å². The van der Waals surface area contributed by atoms with Gasteiger partial charge in [-0.25, -0.2) is 0 Å². The summed E-state index contributed by atoms with van der Waals surface area (Å²) in [5.74, 6) is 0. The lowest BCUT2D eigenvalue weighted by atomic mass is 9.79. The molecule has 0 aromatic rings. The van der Waals surface area contributed by atoms with Crippen LogP contribution in [0.3, 0.4) is 0 Å². The fraction of sp³-hybridized carbons (Fsp3) is 1.00. The van der Waals surface area contributed by atoms with Crippen molar-refractivity contribution in [2.75, 3.05) is 0 Å². The van der Waals surface area contributed by atoms with Crippen LogP contribution in [-0.2, 0) is 0 Å². The maximum atomic E-state index is 3.77. The van der Waals surface area contributed by atoms with E-state index in [0.29, 0.717) is 11.1 Å². The van der Waals surface area contributed by atoms with Crippen LogP contribution in [0.5, 0.6) is 0 Å². The van der Waals surface area contributed by atoms with Crippen LogP contribution in [0.2, 0.25) is 0 Å². The van der Waals surface area contributed by atoms with Gasteiger partial charge < -0.3 is 5.32 Å². The van der Waals surface area contributed by atoms with E-state index in [1.165, 1.54) is 32.1 Å². The monoisotopic (exact) mass is 169 g/mol. The van der Waals surface area contributed by atoms with Crippen molar-refractivity contribution < 1.29 is 0 Å². The predicted octanol–water partition coefficient (Wildman–Crippen LogP) is 3.10. The second-order valence-corrected chi connectivity index (χ2v) is 5.17. The molecule has 0 amide bonds. The first-order valence-corrected chi connectivity index (χ1v) is 5.27. The van der Waals surface area contributed by atoms with Crippen LogP contribution in [0, 0.1) is 0 Å². The molecule has 12 heavy (non-hydrogen) atoms. The third kappa shape index (κ3) is 2.48. The molecule has 0 bridgehead atoms. The summed E-state index contributed by atoms with van der Waals surface area (Å²) in [7, 11) is 0. The second kappa shape index (κ2) is 3.37. The minimum Gasteiger partial charge on any atom is -0.307 e. The van der Waals surface area contributed by atoms with Crippen molar-refractivity contribution in [1.82, 2.24) is 5.32 Å². The van der Waals surface area contributed by atoms with Crippen molar-refractivity contribution >= 4 is 0 Å². The van der Waals surface area contributed by atoms with E-state index in [0.717, 1.165) is 0 Å². The molecule has 72 valence electrons. The third-order valence-corrected chi connectivity index (χ3v) is 2.97.